The average Bonchev–Trinajstić information content (AvgIpc) is 2.27. The molecule has 1 aromatic heterocycles. The van der Waals surface area contributed by atoms with Crippen LogP contribution < -0.4 is 5.46 Å². The molecule has 0 saturated carbocycles. The molecule has 2 aromatic rings. The Bertz CT molecular complexity index is 554. The van der Waals surface area contributed by atoms with Crippen LogP contribution in [0.15, 0.2) is 30.5 Å². The number of pyridine rings is 1. The fourth-order valence-corrected chi connectivity index (χ4v) is 1.51. The number of Topliss-reactive ketones (excluding diaryl/α,β-unsaturated/α-hetero) is 1. The summed E-state index contributed by atoms with van der Waals surface area (Å²) >= 11 is 0. The van der Waals surface area contributed by atoms with Gasteiger partial charge < -0.3 is 10.0 Å². The van der Waals surface area contributed by atoms with Gasteiger partial charge in [-0.1, -0.05) is 18.2 Å². The molecule has 4 nitrogen and oxygen atoms in total. The maximum Gasteiger partial charge on any atom is 0.488 e. The highest BCUT2D eigenvalue weighted by Crippen LogP contribution is 2.12. The van der Waals surface area contributed by atoms with Crippen molar-refractivity contribution in [2.45, 2.75) is 6.92 Å². The number of carbonyl (C=O) groups excluding carboxylic acids is 1. The van der Waals surface area contributed by atoms with Crippen LogP contribution in [0, 0.1) is 0 Å². The van der Waals surface area contributed by atoms with Crippen molar-refractivity contribution in [2.75, 3.05) is 0 Å². The number of hydrogen-bond acceptors (Lipinski definition) is 4. The Hall–Kier alpha value is -1.72. The van der Waals surface area contributed by atoms with Crippen LogP contribution in [0.1, 0.15) is 17.4 Å². The molecule has 0 aliphatic rings. The molecule has 0 atom stereocenters. The van der Waals surface area contributed by atoms with Crippen molar-refractivity contribution in [3.8, 4) is 0 Å². The maximum atomic E-state index is 11.1. The number of rotatable bonds is 2. The second-order valence-electron chi connectivity index (χ2n) is 3.61. The van der Waals surface area contributed by atoms with Crippen molar-refractivity contribution in [1.82, 2.24) is 4.98 Å². The monoisotopic (exact) mass is 215 g/mol. The van der Waals surface area contributed by atoms with E-state index in [-0.39, 0.29) is 5.78 Å². The van der Waals surface area contributed by atoms with E-state index in [4.69, 9.17) is 10.0 Å². The van der Waals surface area contributed by atoms with E-state index in [2.05, 4.69) is 4.98 Å². The van der Waals surface area contributed by atoms with Gasteiger partial charge in [-0.15, -0.1) is 0 Å². The second-order valence-corrected chi connectivity index (χ2v) is 3.61. The molecule has 80 valence electrons. The molecule has 0 spiro atoms. The van der Waals surface area contributed by atoms with Gasteiger partial charge in [-0.2, -0.15) is 0 Å². The van der Waals surface area contributed by atoms with Gasteiger partial charge in [0.2, 0.25) is 0 Å². The summed E-state index contributed by atoms with van der Waals surface area (Å²) in [6.07, 6.45) is 1.55. The SMILES string of the molecule is CC(=O)c1cc2ccc(B(O)O)cc2cn1. The van der Waals surface area contributed by atoms with Gasteiger partial charge in [0, 0.05) is 13.1 Å². The van der Waals surface area contributed by atoms with Gasteiger partial charge in [0.25, 0.3) is 0 Å². The van der Waals surface area contributed by atoms with Crippen LogP contribution in [0.2, 0.25) is 0 Å². The molecule has 0 aliphatic heterocycles. The van der Waals surface area contributed by atoms with E-state index in [1.165, 1.54) is 6.92 Å². The zero-order valence-corrected chi connectivity index (χ0v) is 8.71. The lowest BCUT2D eigenvalue weighted by molar-refractivity contribution is 0.101. The third kappa shape index (κ3) is 1.96. The number of carbonyl (C=O) groups is 1. The first kappa shape index (κ1) is 10.8. The zero-order valence-electron chi connectivity index (χ0n) is 8.71. The van der Waals surface area contributed by atoms with Crippen molar-refractivity contribution in [1.29, 1.82) is 0 Å². The number of ketones is 1. The van der Waals surface area contributed by atoms with Crippen molar-refractivity contribution >= 4 is 29.1 Å². The fraction of sp³-hybridized carbons (Fsp3) is 0.0909. The minimum Gasteiger partial charge on any atom is -0.423 e. The van der Waals surface area contributed by atoms with E-state index in [9.17, 15) is 4.79 Å². The van der Waals surface area contributed by atoms with E-state index < -0.39 is 7.12 Å². The second kappa shape index (κ2) is 4.04. The van der Waals surface area contributed by atoms with E-state index >= 15 is 0 Å². The van der Waals surface area contributed by atoms with Crippen LogP contribution in [0.5, 0.6) is 0 Å². The standard InChI is InChI=1S/C11H10BNO3/c1-7(14)11-5-8-2-3-10(12(15)16)4-9(8)6-13-11/h2-6,15-16H,1H3. The van der Waals surface area contributed by atoms with Crippen LogP contribution in [-0.4, -0.2) is 27.9 Å². The molecule has 0 saturated heterocycles. The molecule has 1 aromatic carbocycles. The normalized spacial score (nSPS) is 10.4. The van der Waals surface area contributed by atoms with Crippen LogP contribution >= 0.6 is 0 Å². The average molecular weight is 215 g/mol. The quantitative estimate of drug-likeness (QED) is 0.551. The number of fused-ring (bicyclic) bond motifs is 1. The summed E-state index contributed by atoms with van der Waals surface area (Å²) in [5.41, 5.74) is 0.815. The van der Waals surface area contributed by atoms with Crippen LogP contribution in [0.25, 0.3) is 10.8 Å². The van der Waals surface area contributed by atoms with Gasteiger partial charge in [0.05, 0.1) is 0 Å². The highest BCUT2D eigenvalue weighted by atomic mass is 16.4. The highest BCUT2D eigenvalue weighted by Gasteiger charge is 2.11. The Morgan fingerprint density at radius 3 is 2.62 bits per heavy atom. The van der Waals surface area contributed by atoms with Crippen molar-refractivity contribution in [3.05, 3.63) is 36.2 Å². The predicted octanol–water partition coefficient (Wildman–Crippen LogP) is 0.117. The minimum absolute atomic E-state index is 0.0897. The van der Waals surface area contributed by atoms with Crippen LogP contribution in [0.3, 0.4) is 0 Å². The molecule has 5 heteroatoms. The third-order valence-corrected chi connectivity index (χ3v) is 2.40. The molecule has 0 amide bonds. The molecule has 2 rings (SSSR count). The van der Waals surface area contributed by atoms with E-state index in [0.717, 1.165) is 10.8 Å². The Morgan fingerprint density at radius 1 is 1.25 bits per heavy atom. The molecule has 0 bridgehead atoms. The lowest BCUT2D eigenvalue weighted by atomic mass is 9.79. The third-order valence-electron chi connectivity index (χ3n) is 2.40. The first-order valence-corrected chi connectivity index (χ1v) is 4.85. The zero-order chi connectivity index (χ0) is 11.7. The molecule has 0 radical (unpaired) electrons. The van der Waals surface area contributed by atoms with Gasteiger partial charge >= 0.3 is 7.12 Å². The fourth-order valence-electron chi connectivity index (χ4n) is 1.51. The molecule has 0 aliphatic carbocycles. The maximum absolute atomic E-state index is 11.1. The Morgan fingerprint density at radius 2 is 2.00 bits per heavy atom. The van der Waals surface area contributed by atoms with Crippen LogP contribution in [-0.2, 0) is 0 Å². The van der Waals surface area contributed by atoms with Gasteiger partial charge in [-0.3, -0.25) is 9.78 Å². The van der Waals surface area contributed by atoms with Gasteiger partial charge in [-0.05, 0) is 22.3 Å². The Kier molecular flexibility index (Phi) is 2.72. The van der Waals surface area contributed by atoms with Gasteiger partial charge in [0.1, 0.15) is 5.69 Å². The molecule has 0 unspecified atom stereocenters. The summed E-state index contributed by atoms with van der Waals surface area (Å²) in [7, 11) is -1.49. The largest absolute Gasteiger partial charge is 0.488 e. The highest BCUT2D eigenvalue weighted by molar-refractivity contribution is 6.58. The lowest BCUT2D eigenvalue weighted by Gasteiger charge is -2.03. The summed E-state index contributed by atoms with van der Waals surface area (Å²) < 4.78 is 0. The first-order chi connectivity index (χ1) is 7.58. The summed E-state index contributed by atoms with van der Waals surface area (Å²) in [5, 5.41) is 19.6. The predicted molar refractivity (Wildman–Crippen MR) is 61.6 cm³/mol. The van der Waals surface area contributed by atoms with E-state index in [1.807, 2.05) is 0 Å². The molecular formula is C11H10BNO3. The Labute approximate surface area is 92.7 Å². The molecule has 0 fully saturated rings. The smallest absolute Gasteiger partial charge is 0.423 e. The Balaban J connectivity index is 2.57. The summed E-state index contributed by atoms with van der Waals surface area (Å²) in [6.45, 7) is 1.46. The summed E-state index contributed by atoms with van der Waals surface area (Å²) in [4.78, 5) is 15.1. The van der Waals surface area contributed by atoms with Gasteiger partial charge in [0.15, 0.2) is 5.78 Å². The minimum atomic E-state index is -1.49. The van der Waals surface area contributed by atoms with Crippen LogP contribution in [0.4, 0.5) is 0 Å². The van der Waals surface area contributed by atoms with Crippen molar-refractivity contribution in [3.63, 3.8) is 0 Å². The molecule has 1 heterocycles. The number of nitrogens with zero attached hydrogens (tertiary/aromatic N) is 1. The molecule has 2 N–H and O–H groups in total. The lowest BCUT2D eigenvalue weighted by Crippen LogP contribution is -2.29. The first-order valence-electron chi connectivity index (χ1n) is 4.85. The van der Waals surface area contributed by atoms with Gasteiger partial charge in [-0.25, -0.2) is 0 Å². The summed E-state index contributed by atoms with van der Waals surface area (Å²) in [5.74, 6) is -0.0897. The number of hydrogen-bond donors (Lipinski definition) is 2. The summed E-state index contributed by atoms with van der Waals surface area (Å²) in [6, 6.07) is 6.66. The number of aromatic nitrogens is 1. The topological polar surface area (TPSA) is 70.4 Å². The molecular weight excluding hydrogens is 205 g/mol. The number of benzene rings is 1. The van der Waals surface area contributed by atoms with E-state index in [0.29, 0.717) is 11.2 Å². The molecule has 16 heavy (non-hydrogen) atoms. The van der Waals surface area contributed by atoms with Crippen molar-refractivity contribution < 1.29 is 14.8 Å². The van der Waals surface area contributed by atoms with Crippen molar-refractivity contribution in [2.24, 2.45) is 0 Å². The van der Waals surface area contributed by atoms with E-state index in [1.54, 1.807) is 30.5 Å².